The van der Waals surface area contributed by atoms with Crippen molar-refractivity contribution in [1.82, 2.24) is 0 Å². The molecule has 5 rings (SSSR count). The van der Waals surface area contributed by atoms with Gasteiger partial charge in [-0.05, 0) is 70.1 Å². The molecule has 148 valence electrons. The van der Waals surface area contributed by atoms with Gasteiger partial charge in [-0.2, -0.15) is 0 Å². The number of rotatable bonds is 3. The number of anilines is 2. The number of fused-ring (bicyclic) bond motifs is 3. The smallest absolute Gasteiger partial charge is 0.0411 e. The van der Waals surface area contributed by atoms with Gasteiger partial charge in [0.05, 0.1) is 0 Å². The van der Waals surface area contributed by atoms with Gasteiger partial charge in [-0.25, -0.2) is 0 Å². The Kier molecular flexibility index (Phi) is 4.29. The Balaban J connectivity index is 1.52. The van der Waals surface area contributed by atoms with E-state index in [1.54, 1.807) is 0 Å². The van der Waals surface area contributed by atoms with Crippen LogP contribution in [0.5, 0.6) is 0 Å². The first-order valence-electron chi connectivity index (χ1n) is 10.6. The fourth-order valence-corrected chi connectivity index (χ4v) is 4.85. The Bertz CT molecular complexity index is 1230. The van der Waals surface area contributed by atoms with Crippen LogP contribution < -0.4 is 4.90 Å². The van der Waals surface area contributed by atoms with Crippen LogP contribution in [-0.2, 0) is 5.41 Å². The second-order valence-corrected chi connectivity index (χ2v) is 8.82. The fourth-order valence-electron chi connectivity index (χ4n) is 4.85. The quantitative estimate of drug-likeness (QED) is 0.346. The Morgan fingerprint density at radius 3 is 1.93 bits per heavy atom. The molecule has 1 nitrogen and oxygen atoms in total. The van der Waals surface area contributed by atoms with Crippen LogP contribution in [0.25, 0.3) is 22.3 Å². The minimum Gasteiger partial charge on any atom is -0.345 e. The molecule has 0 N–H and O–H groups in total. The zero-order valence-corrected chi connectivity index (χ0v) is 18.1. The molecule has 0 atom stereocenters. The van der Waals surface area contributed by atoms with Crippen LogP contribution in [-0.4, -0.2) is 7.05 Å². The SMILES string of the molecule is Cc1cc(N(C)c2ccc3c(c2)C(C)(C)c2ccccc2-3)ccc1-c1ccccc1. The largest absolute Gasteiger partial charge is 0.345 e. The first-order valence-corrected chi connectivity index (χ1v) is 10.6. The predicted molar refractivity (Wildman–Crippen MR) is 129 cm³/mol. The van der Waals surface area contributed by atoms with E-state index in [9.17, 15) is 0 Å². The van der Waals surface area contributed by atoms with Gasteiger partial charge in [0.25, 0.3) is 0 Å². The Morgan fingerprint density at radius 1 is 0.600 bits per heavy atom. The molecule has 0 saturated heterocycles. The second-order valence-electron chi connectivity index (χ2n) is 8.82. The first kappa shape index (κ1) is 18.7. The topological polar surface area (TPSA) is 3.24 Å². The van der Waals surface area contributed by atoms with Crippen molar-refractivity contribution in [3.63, 3.8) is 0 Å². The first-order chi connectivity index (χ1) is 14.5. The summed E-state index contributed by atoms with van der Waals surface area (Å²) in [6, 6.07) is 33.1. The molecule has 1 aliphatic rings. The van der Waals surface area contributed by atoms with E-state index in [-0.39, 0.29) is 5.41 Å². The minimum atomic E-state index is 0.0237. The standard InChI is InChI=1S/C29H27N/c1-20-18-22(14-16-24(20)21-10-6-5-7-11-21)30(4)23-15-17-26-25-12-8-9-13-27(25)29(2,3)28(26)19-23/h5-19H,1-4H3. The highest BCUT2D eigenvalue weighted by atomic mass is 15.1. The van der Waals surface area contributed by atoms with Gasteiger partial charge in [0, 0.05) is 23.8 Å². The van der Waals surface area contributed by atoms with Gasteiger partial charge in [-0.15, -0.1) is 0 Å². The lowest BCUT2D eigenvalue weighted by atomic mass is 9.82. The van der Waals surface area contributed by atoms with Crippen LogP contribution >= 0.6 is 0 Å². The number of hydrogen-bond acceptors (Lipinski definition) is 1. The summed E-state index contributed by atoms with van der Waals surface area (Å²) in [4.78, 5) is 2.29. The van der Waals surface area contributed by atoms with E-state index in [2.05, 4.69) is 124 Å². The van der Waals surface area contributed by atoms with E-state index >= 15 is 0 Å². The van der Waals surface area contributed by atoms with E-state index in [0.717, 1.165) is 0 Å². The van der Waals surface area contributed by atoms with Gasteiger partial charge in [-0.3, -0.25) is 0 Å². The molecule has 0 amide bonds. The molecule has 4 aromatic carbocycles. The highest BCUT2D eigenvalue weighted by Gasteiger charge is 2.35. The summed E-state index contributed by atoms with van der Waals surface area (Å²) in [6.45, 7) is 6.86. The third-order valence-electron chi connectivity index (χ3n) is 6.64. The maximum absolute atomic E-state index is 2.37. The van der Waals surface area contributed by atoms with Gasteiger partial charge >= 0.3 is 0 Å². The summed E-state index contributed by atoms with van der Waals surface area (Å²) in [5.41, 5.74) is 11.9. The zero-order chi connectivity index (χ0) is 20.9. The Hall–Kier alpha value is -3.32. The van der Waals surface area contributed by atoms with Gasteiger partial charge in [0.2, 0.25) is 0 Å². The van der Waals surface area contributed by atoms with Crippen molar-refractivity contribution in [3.8, 4) is 22.3 Å². The molecule has 0 spiro atoms. The maximum Gasteiger partial charge on any atom is 0.0411 e. The van der Waals surface area contributed by atoms with Crippen molar-refractivity contribution >= 4 is 11.4 Å². The molecule has 0 unspecified atom stereocenters. The molecule has 0 bridgehead atoms. The maximum atomic E-state index is 2.37. The lowest BCUT2D eigenvalue weighted by Crippen LogP contribution is -2.16. The van der Waals surface area contributed by atoms with E-state index < -0.39 is 0 Å². The monoisotopic (exact) mass is 389 g/mol. The second kappa shape index (κ2) is 6.88. The molecule has 0 fully saturated rings. The van der Waals surface area contributed by atoms with E-state index in [1.807, 2.05) is 0 Å². The van der Waals surface area contributed by atoms with Crippen molar-refractivity contribution in [2.75, 3.05) is 11.9 Å². The summed E-state index contributed by atoms with van der Waals surface area (Å²) in [5.74, 6) is 0. The average molecular weight is 390 g/mol. The molecule has 0 heterocycles. The van der Waals surface area contributed by atoms with Crippen LogP contribution in [0.2, 0.25) is 0 Å². The third kappa shape index (κ3) is 2.85. The highest BCUT2D eigenvalue weighted by Crippen LogP contribution is 2.49. The molecular formula is C29H27N. The summed E-state index contributed by atoms with van der Waals surface area (Å²) >= 11 is 0. The van der Waals surface area contributed by atoms with Crippen molar-refractivity contribution < 1.29 is 0 Å². The van der Waals surface area contributed by atoms with Crippen molar-refractivity contribution in [2.24, 2.45) is 0 Å². The number of hydrogen-bond donors (Lipinski definition) is 0. The molecule has 4 aromatic rings. The normalized spacial score (nSPS) is 13.6. The number of benzene rings is 4. The predicted octanol–water partition coefficient (Wildman–Crippen LogP) is 7.74. The molecule has 30 heavy (non-hydrogen) atoms. The van der Waals surface area contributed by atoms with Crippen LogP contribution in [0.15, 0.2) is 91.0 Å². The van der Waals surface area contributed by atoms with Gasteiger partial charge in [0.1, 0.15) is 0 Å². The fraction of sp³-hybridized carbons (Fsp3) is 0.172. The average Bonchev–Trinajstić information content (AvgIpc) is 3.01. The lowest BCUT2D eigenvalue weighted by molar-refractivity contribution is 0.660. The summed E-state index contributed by atoms with van der Waals surface area (Å²) in [6.07, 6.45) is 0. The lowest BCUT2D eigenvalue weighted by Gasteiger charge is -2.25. The van der Waals surface area contributed by atoms with Crippen LogP contribution in [0.1, 0.15) is 30.5 Å². The van der Waals surface area contributed by atoms with Gasteiger partial charge in [0.15, 0.2) is 0 Å². The van der Waals surface area contributed by atoms with Crippen LogP contribution in [0.3, 0.4) is 0 Å². The molecule has 0 aliphatic heterocycles. The van der Waals surface area contributed by atoms with Crippen molar-refractivity contribution in [3.05, 3.63) is 108 Å². The molecule has 1 heteroatoms. The minimum absolute atomic E-state index is 0.0237. The highest BCUT2D eigenvalue weighted by molar-refractivity contribution is 5.83. The summed E-state index contributed by atoms with van der Waals surface area (Å²) < 4.78 is 0. The molecule has 1 aliphatic carbocycles. The molecule has 0 saturated carbocycles. The molecule has 0 radical (unpaired) electrons. The third-order valence-corrected chi connectivity index (χ3v) is 6.64. The Labute approximate surface area is 179 Å². The van der Waals surface area contributed by atoms with Crippen molar-refractivity contribution in [1.29, 1.82) is 0 Å². The van der Waals surface area contributed by atoms with E-state index in [1.165, 1.54) is 50.3 Å². The van der Waals surface area contributed by atoms with Gasteiger partial charge in [-0.1, -0.05) is 80.6 Å². The van der Waals surface area contributed by atoms with Crippen LogP contribution in [0.4, 0.5) is 11.4 Å². The zero-order valence-electron chi connectivity index (χ0n) is 18.1. The van der Waals surface area contributed by atoms with E-state index in [4.69, 9.17) is 0 Å². The van der Waals surface area contributed by atoms with Crippen molar-refractivity contribution in [2.45, 2.75) is 26.2 Å². The summed E-state index contributed by atoms with van der Waals surface area (Å²) in [7, 11) is 2.16. The number of aryl methyl sites for hydroxylation is 1. The Morgan fingerprint density at radius 2 is 1.20 bits per heavy atom. The molecule has 0 aromatic heterocycles. The summed E-state index contributed by atoms with van der Waals surface area (Å²) in [5, 5.41) is 0. The van der Waals surface area contributed by atoms with Crippen LogP contribution in [0, 0.1) is 6.92 Å². The van der Waals surface area contributed by atoms with E-state index in [0.29, 0.717) is 0 Å². The molecular weight excluding hydrogens is 362 g/mol. The van der Waals surface area contributed by atoms with Gasteiger partial charge < -0.3 is 4.90 Å². The number of nitrogens with zero attached hydrogens (tertiary/aromatic N) is 1.